The van der Waals surface area contributed by atoms with Crippen molar-refractivity contribution in [1.29, 1.82) is 0 Å². The van der Waals surface area contributed by atoms with Crippen molar-refractivity contribution in [2.24, 2.45) is 5.92 Å². The van der Waals surface area contributed by atoms with Gasteiger partial charge in [0.1, 0.15) is 5.75 Å². The molecular weight excluding hydrogens is 228 g/mol. The highest BCUT2D eigenvalue weighted by molar-refractivity contribution is 5.90. The minimum absolute atomic E-state index is 0.0941. The van der Waals surface area contributed by atoms with Gasteiger partial charge in [-0.05, 0) is 43.4 Å². The molecule has 2 rings (SSSR count). The molecule has 98 valence electrons. The largest absolute Gasteiger partial charge is 0.506 e. The summed E-state index contributed by atoms with van der Waals surface area (Å²) in [5, 5.41) is 15.2. The van der Waals surface area contributed by atoms with Gasteiger partial charge in [0, 0.05) is 6.54 Å². The van der Waals surface area contributed by atoms with Crippen molar-refractivity contribution in [2.45, 2.75) is 32.6 Å². The van der Waals surface area contributed by atoms with Gasteiger partial charge in [-0.3, -0.25) is 0 Å². The lowest BCUT2D eigenvalue weighted by atomic mass is 10.1. The molecule has 0 saturated heterocycles. The van der Waals surface area contributed by atoms with Gasteiger partial charge in [-0.15, -0.1) is 0 Å². The van der Waals surface area contributed by atoms with Crippen LogP contribution >= 0.6 is 0 Å². The van der Waals surface area contributed by atoms with Crippen LogP contribution in [0.1, 0.15) is 31.2 Å². The summed E-state index contributed by atoms with van der Waals surface area (Å²) in [7, 11) is 0. The van der Waals surface area contributed by atoms with Crippen molar-refractivity contribution in [3.05, 3.63) is 23.8 Å². The first-order valence-electron chi connectivity index (χ1n) is 6.49. The van der Waals surface area contributed by atoms with Crippen LogP contribution in [-0.2, 0) is 0 Å². The van der Waals surface area contributed by atoms with E-state index in [1.165, 1.54) is 25.7 Å². The highest BCUT2D eigenvalue weighted by atomic mass is 16.3. The molecule has 0 radical (unpaired) electrons. The van der Waals surface area contributed by atoms with E-state index >= 15 is 0 Å². The molecule has 3 N–H and O–H groups in total. The van der Waals surface area contributed by atoms with Gasteiger partial charge in [0.05, 0.1) is 5.69 Å². The third kappa shape index (κ3) is 3.39. The van der Waals surface area contributed by atoms with E-state index in [4.69, 9.17) is 0 Å². The molecule has 18 heavy (non-hydrogen) atoms. The van der Waals surface area contributed by atoms with Gasteiger partial charge < -0.3 is 15.7 Å². The Morgan fingerprint density at radius 1 is 1.39 bits per heavy atom. The number of aryl methyl sites for hydroxylation is 1. The number of hydrogen-bond donors (Lipinski definition) is 3. The Labute approximate surface area is 107 Å². The first kappa shape index (κ1) is 12.7. The summed E-state index contributed by atoms with van der Waals surface area (Å²) in [6, 6.07) is 4.89. The number of amides is 2. The fourth-order valence-electron chi connectivity index (χ4n) is 2.37. The van der Waals surface area contributed by atoms with Gasteiger partial charge in [0.15, 0.2) is 0 Å². The Balaban J connectivity index is 1.84. The number of phenols is 1. The van der Waals surface area contributed by atoms with Crippen LogP contribution in [-0.4, -0.2) is 17.7 Å². The van der Waals surface area contributed by atoms with Gasteiger partial charge in [0.2, 0.25) is 0 Å². The lowest BCUT2D eigenvalue weighted by Gasteiger charge is -2.12. The number of carbonyl (C=O) groups is 1. The van der Waals surface area contributed by atoms with Gasteiger partial charge in [-0.1, -0.05) is 18.9 Å². The molecule has 1 fully saturated rings. The van der Waals surface area contributed by atoms with E-state index in [1.807, 2.05) is 6.92 Å². The molecule has 4 heteroatoms. The second-order valence-electron chi connectivity index (χ2n) is 5.01. The summed E-state index contributed by atoms with van der Waals surface area (Å²) in [6.07, 6.45) is 4.95. The van der Waals surface area contributed by atoms with Crippen LogP contribution in [0.4, 0.5) is 10.5 Å². The van der Waals surface area contributed by atoms with Crippen LogP contribution in [0.2, 0.25) is 0 Å². The van der Waals surface area contributed by atoms with E-state index in [0.29, 0.717) is 11.6 Å². The molecule has 4 nitrogen and oxygen atoms in total. The Morgan fingerprint density at radius 2 is 2.11 bits per heavy atom. The van der Waals surface area contributed by atoms with Crippen molar-refractivity contribution in [3.8, 4) is 5.75 Å². The Bertz CT molecular complexity index is 426. The van der Waals surface area contributed by atoms with Gasteiger partial charge in [-0.25, -0.2) is 4.79 Å². The van der Waals surface area contributed by atoms with E-state index in [-0.39, 0.29) is 11.8 Å². The van der Waals surface area contributed by atoms with Crippen LogP contribution in [0.25, 0.3) is 0 Å². The summed E-state index contributed by atoms with van der Waals surface area (Å²) in [6.45, 7) is 2.64. The van der Waals surface area contributed by atoms with Crippen molar-refractivity contribution < 1.29 is 9.90 Å². The number of hydrogen-bond acceptors (Lipinski definition) is 2. The molecule has 1 aromatic rings. The molecule has 2 amide bonds. The maximum Gasteiger partial charge on any atom is 0.319 e. The third-order valence-corrected chi connectivity index (χ3v) is 3.43. The molecule has 1 aliphatic carbocycles. The SMILES string of the molecule is Cc1ccc(O)c(NC(=O)NCC2CCCC2)c1. The summed E-state index contributed by atoms with van der Waals surface area (Å²) < 4.78 is 0. The number of phenolic OH excluding ortho intramolecular Hbond substituents is 1. The zero-order chi connectivity index (χ0) is 13.0. The zero-order valence-electron chi connectivity index (χ0n) is 10.7. The van der Waals surface area contributed by atoms with Crippen molar-refractivity contribution in [3.63, 3.8) is 0 Å². The highest BCUT2D eigenvalue weighted by Crippen LogP contribution is 2.25. The van der Waals surface area contributed by atoms with E-state index < -0.39 is 0 Å². The Hall–Kier alpha value is -1.71. The smallest absolute Gasteiger partial charge is 0.319 e. The number of rotatable bonds is 3. The second-order valence-corrected chi connectivity index (χ2v) is 5.01. The van der Waals surface area contributed by atoms with E-state index in [1.54, 1.807) is 18.2 Å². The third-order valence-electron chi connectivity index (χ3n) is 3.43. The van der Waals surface area contributed by atoms with Gasteiger partial charge in [-0.2, -0.15) is 0 Å². The Morgan fingerprint density at radius 3 is 2.83 bits per heavy atom. The number of benzene rings is 1. The maximum atomic E-state index is 11.7. The average Bonchev–Trinajstić information content (AvgIpc) is 2.84. The summed E-state index contributed by atoms with van der Waals surface area (Å²) in [4.78, 5) is 11.7. The lowest BCUT2D eigenvalue weighted by Crippen LogP contribution is -2.32. The van der Waals surface area contributed by atoms with Gasteiger partial charge >= 0.3 is 6.03 Å². The number of anilines is 1. The first-order chi connectivity index (χ1) is 8.65. The van der Waals surface area contributed by atoms with E-state index in [2.05, 4.69) is 10.6 Å². The van der Waals surface area contributed by atoms with E-state index in [9.17, 15) is 9.90 Å². The molecular formula is C14H20N2O2. The lowest BCUT2D eigenvalue weighted by molar-refractivity contribution is 0.250. The number of nitrogens with one attached hydrogen (secondary N) is 2. The average molecular weight is 248 g/mol. The molecule has 0 aliphatic heterocycles. The van der Waals surface area contributed by atoms with Crippen LogP contribution in [0.15, 0.2) is 18.2 Å². The molecule has 1 saturated carbocycles. The van der Waals surface area contributed by atoms with Gasteiger partial charge in [0.25, 0.3) is 0 Å². The molecule has 0 bridgehead atoms. The van der Waals surface area contributed by atoms with Crippen LogP contribution in [0, 0.1) is 12.8 Å². The summed E-state index contributed by atoms with van der Waals surface area (Å²) in [5.41, 5.74) is 1.46. The maximum absolute atomic E-state index is 11.7. The molecule has 0 heterocycles. The Kier molecular flexibility index (Phi) is 4.07. The normalized spacial score (nSPS) is 15.6. The molecule has 1 aliphatic rings. The topological polar surface area (TPSA) is 61.4 Å². The zero-order valence-corrected chi connectivity index (χ0v) is 10.7. The van der Waals surface area contributed by atoms with E-state index in [0.717, 1.165) is 12.1 Å². The minimum Gasteiger partial charge on any atom is -0.506 e. The van der Waals surface area contributed by atoms with Crippen molar-refractivity contribution in [1.82, 2.24) is 5.32 Å². The monoisotopic (exact) mass is 248 g/mol. The number of aromatic hydroxyl groups is 1. The van der Waals surface area contributed by atoms with Crippen LogP contribution < -0.4 is 10.6 Å². The predicted molar refractivity (Wildman–Crippen MR) is 71.8 cm³/mol. The highest BCUT2D eigenvalue weighted by Gasteiger charge is 2.15. The number of urea groups is 1. The summed E-state index contributed by atoms with van der Waals surface area (Å²) >= 11 is 0. The quantitative estimate of drug-likeness (QED) is 0.720. The summed E-state index contributed by atoms with van der Waals surface area (Å²) in [5.74, 6) is 0.707. The standard InChI is InChI=1S/C14H20N2O2/c1-10-6-7-13(17)12(8-10)16-14(18)15-9-11-4-2-3-5-11/h6-8,11,17H,2-5,9H2,1H3,(H2,15,16,18). The molecule has 0 atom stereocenters. The van der Waals surface area contributed by atoms with Crippen LogP contribution in [0.5, 0.6) is 5.75 Å². The van der Waals surface area contributed by atoms with Crippen LogP contribution in [0.3, 0.4) is 0 Å². The molecule has 0 aromatic heterocycles. The fraction of sp³-hybridized carbons (Fsp3) is 0.500. The minimum atomic E-state index is -0.247. The molecule has 0 unspecified atom stereocenters. The molecule has 1 aromatic carbocycles. The van der Waals surface area contributed by atoms with Crippen molar-refractivity contribution >= 4 is 11.7 Å². The fourth-order valence-corrected chi connectivity index (χ4v) is 2.37. The molecule has 0 spiro atoms. The first-order valence-corrected chi connectivity index (χ1v) is 6.49. The number of carbonyl (C=O) groups excluding carboxylic acids is 1. The van der Waals surface area contributed by atoms with Crippen molar-refractivity contribution in [2.75, 3.05) is 11.9 Å². The predicted octanol–water partition coefficient (Wildman–Crippen LogP) is 3.01. The second kappa shape index (κ2) is 5.76.